The molecule has 20 heavy (non-hydrogen) atoms. The van der Waals surface area contributed by atoms with Crippen molar-refractivity contribution >= 4 is 33.4 Å². The van der Waals surface area contributed by atoms with Gasteiger partial charge < -0.3 is 10.2 Å². The van der Waals surface area contributed by atoms with Crippen LogP contribution in [0.4, 0.5) is 5.69 Å². The van der Waals surface area contributed by atoms with Crippen molar-refractivity contribution in [1.82, 2.24) is 10.2 Å². The summed E-state index contributed by atoms with van der Waals surface area (Å²) in [4.78, 5) is 12.9. The Labute approximate surface area is 131 Å². The van der Waals surface area contributed by atoms with Crippen LogP contribution in [0.15, 0.2) is 22.7 Å². The number of benzene rings is 1. The molecule has 7 heteroatoms. The van der Waals surface area contributed by atoms with Gasteiger partial charge in [0.1, 0.15) is 0 Å². The SMILES string of the molecule is O=[N+]([O-])c1cccc(CNCCN2CCSCC2)c1Br. The predicted molar refractivity (Wildman–Crippen MR) is 86.3 cm³/mol. The molecule has 0 atom stereocenters. The van der Waals surface area contributed by atoms with E-state index in [9.17, 15) is 10.1 Å². The largest absolute Gasteiger partial charge is 0.311 e. The number of nitro benzene ring substituents is 1. The first-order valence-electron chi connectivity index (χ1n) is 6.61. The van der Waals surface area contributed by atoms with E-state index in [-0.39, 0.29) is 10.6 Å². The number of nitrogens with one attached hydrogen (secondary N) is 1. The molecule has 1 heterocycles. The quantitative estimate of drug-likeness (QED) is 0.480. The second kappa shape index (κ2) is 7.97. The Morgan fingerprint density at radius 3 is 2.85 bits per heavy atom. The molecular weight excluding hydrogens is 342 g/mol. The molecule has 5 nitrogen and oxygen atoms in total. The van der Waals surface area contributed by atoms with Crippen molar-refractivity contribution in [2.45, 2.75) is 6.54 Å². The van der Waals surface area contributed by atoms with E-state index < -0.39 is 0 Å². The maximum atomic E-state index is 10.9. The standard InChI is InChI=1S/C13H18BrN3O2S/c14-13-11(2-1-3-12(13)17(18)19)10-15-4-5-16-6-8-20-9-7-16/h1-3,15H,4-10H2. The lowest BCUT2D eigenvalue weighted by Crippen LogP contribution is -2.37. The van der Waals surface area contributed by atoms with Gasteiger partial charge in [-0.25, -0.2) is 0 Å². The van der Waals surface area contributed by atoms with Crippen molar-refractivity contribution in [2.75, 3.05) is 37.7 Å². The second-order valence-corrected chi connectivity index (χ2v) is 6.66. The van der Waals surface area contributed by atoms with Gasteiger partial charge in [-0.15, -0.1) is 0 Å². The predicted octanol–water partition coefficient (Wildman–Crippen LogP) is 2.50. The fourth-order valence-electron chi connectivity index (χ4n) is 2.13. The lowest BCUT2D eigenvalue weighted by atomic mass is 10.2. The van der Waals surface area contributed by atoms with E-state index in [0.29, 0.717) is 11.0 Å². The number of nitro groups is 1. The Kier molecular flexibility index (Phi) is 6.28. The summed E-state index contributed by atoms with van der Waals surface area (Å²) >= 11 is 5.32. The summed E-state index contributed by atoms with van der Waals surface area (Å²) in [6, 6.07) is 5.14. The normalized spacial score (nSPS) is 16.2. The average Bonchev–Trinajstić information content (AvgIpc) is 2.46. The Balaban J connectivity index is 1.79. The minimum absolute atomic E-state index is 0.123. The summed E-state index contributed by atoms with van der Waals surface area (Å²) in [6.45, 7) is 4.90. The number of nitrogens with zero attached hydrogens (tertiary/aromatic N) is 2. The molecule has 0 saturated carbocycles. The van der Waals surface area contributed by atoms with E-state index in [4.69, 9.17) is 0 Å². The van der Waals surface area contributed by atoms with Gasteiger partial charge >= 0.3 is 0 Å². The van der Waals surface area contributed by atoms with Gasteiger partial charge in [-0.2, -0.15) is 11.8 Å². The molecule has 110 valence electrons. The molecule has 0 bridgehead atoms. The molecule has 0 aliphatic carbocycles. The molecule has 1 aliphatic heterocycles. The summed E-state index contributed by atoms with van der Waals surface area (Å²) < 4.78 is 0.576. The molecule has 0 unspecified atom stereocenters. The molecule has 0 aromatic heterocycles. The molecule has 0 spiro atoms. The van der Waals surface area contributed by atoms with E-state index in [1.165, 1.54) is 17.6 Å². The van der Waals surface area contributed by atoms with Crippen LogP contribution in [-0.2, 0) is 6.54 Å². The number of rotatable bonds is 6. The van der Waals surface area contributed by atoms with Crippen LogP contribution in [0.1, 0.15) is 5.56 Å². The number of hydrogen-bond acceptors (Lipinski definition) is 5. The zero-order valence-electron chi connectivity index (χ0n) is 11.2. The minimum atomic E-state index is -0.362. The molecule has 1 aromatic rings. The third-order valence-electron chi connectivity index (χ3n) is 3.28. The monoisotopic (exact) mass is 359 g/mol. The lowest BCUT2D eigenvalue weighted by Gasteiger charge is -2.26. The molecular formula is C13H18BrN3O2S. The van der Waals surface area contributed by atoms with E-state index >= 15 is 0 Å². The van der Waals surface area contributed by atoms with Gasteiger partial charge in [0.15, 0.2) is 0 Å². The smallest absolute Gasteiger partial charge is 0.283 e. The van der Waals surface area contributed by atoms with Crippen molar-refractivity contribution in [3.63, 3.8) is 0 Å². The highest BCUT2D eigenvalue weighted by atomic mass is 79.9. The molecule has 1 fully saturated rings. The summed E-state index contributed by atoms with van der Waals surface area (Å²) in [5.41, 5.74) is 1.05. The van der Waals surface area contributed by atoms with Gasteiger partial charge in [-0.05, 0) is 21.5 Å². The van der Waals surface area contributed by atoms with Crippen molar-refractivity contribution in [3.05, 3.63) is 38.3 Å². The van der Waals surface area contributed by atoms with Crippen LogP contribution in [0.25, 0.3) is 0 Å². The molecule has 1 aliphatic rings. The Hall–Kier alpha value is -0.630. The van der Waals surface area contributed by atoms with E-state index in [1.54, 1.807) is 6.07 Å². The van der Waals surface area contributed by atoms with Crippen LogP contribution in [0.5, 0.6) is 0 Å². The molecule has 2 rings (SSSR count). The number of thioether (sulfide) groups is 1. The fourth-order valence-corrected chi connectivity index (χ4v) is 3.66. The van der Waals surface area contributed by atoms with Crippen LogP contribution in [0.3, 0.4) is 0 Å². The van der Waals surface area contributed by atoms with Gasteiger partial charge in [0, 0.05) is 50.3 Å². The summed E-state index contributed by atoms with van der Waals surface area (Å²) in [5.74, 6) is 2.44. The van der Waals surface area contributed by atoms with E-state index in [1.807, 2.05) is 17.8 Å². The first kappa shape index (κ1) is 15.8. The van der Waals surface area contributed by atoms with E-state index in [0.717, 1.165) is 31.7 Å². The van der Waals surface area contributed by atoms with E-state index in [2.05, 4.69) is 26.1 Å². The van der Waals surface area contributed by atoms with Gasteiger partial charge in [0.2, 0.25) is 0 Å². The summed E-state index contributed by atoms with van der Waals surface area (Å²) in [5, 5.41) is 14.2. The highest BCUT2D eigenvalue weighted by molar-refractivity contribution is 9.10. The van der Waals surface area contributed by atoms with Crippen LogP contribution in [-0.4, -0.2) is 47.5 Å². The Morgan fingerprint density at radius 2 is 2.15 bits per heavy atom. The number of hydrogen-bond donors (Lipinski definition) is 1. The zero-order chi connectivity index (χ0) is 14.4. The van der Waals surface area contributed by atoms with Crippen LogP contribution in [0.2, 0.25) is 0 Å². The van der Waals surface area contributed by atoms with Gasteiger partial charge in [0.25, 0.3) is 5.69 Å². The lowest BCUT2D eigenvalue weighted by molar-refractivity contribution is -0.385. The highest BCUT2D eigenvalue weighted by Gasteiger charge is 2.14. The molecule has 0 radical (unpaired) electrons. The second-order valence-electron chi connectivity index (χ2n) is 4.64. The third-order valence-corrected chi connectivity index (χ3v) is 5.14. The summed E-state index contributed by atoms with van der Waals surface area (Å²) in [6.07, 6.45) is 0. The maximum Gasteiger partial charge on any atom is 0.283 e. The van der Waals surface area contributed by atoms with Crippen LogP contribution >= 0.6 is 27.7 Å². The van der Waals surface area contributed by atoms with Gasteiger partial charge in [-0.1, -0.05) is 12.1 Å². The van der Waals surface area contributed by atoms with Gasteiger partial charge in [-0.3, -0.25) is 10.1 Å². The van der Waals surface area contributed by atoms with Crippen molar-refractivity contribution in [2.24, 2.45) is 0 Å². The topological polar surface area (TPSA) is 58.4 Å². The van der Waals surface area contributed by atoms with Gasteiger partial charge in [0.05, 0.1) is 9.40 Å². The zero-order valence-corrected chi connectivity index (χ0v) is 13.6. The Morgan fingerprint density at radius 1 is 1.40 bits per heavy atom. The third kappa shape index (κ3) is 4.44. The van der Waals surface area contributed by atoms with Crippen molar-refractivity contribution < 1.29 is 4.92 Å². The average molecular weight is 360 g/mol. The summed E-state index contributed by atoms with van der Waals surface area (Å²) in [7, 11) is 0. The van der Waals surface area contributed by atoms with Crippen molar-refractivity contribution in [1.29, 1.82) is 0 Å². The molecule has 1 N–H and O–H groups in total. The molecule has 1 aromatic carbocycles. The first-order chi connectivity index (χ1) is 9.68. The highest BCUT2D eigenvalue weighted by Crippen LogP contribution is 2.28. The van der Waals surface area contributed by atoms with Crippen molar-refractivity contribution in [3.8, 4) is 0 Å². The van der Waals surface area contributed by atoms with Crippen LogP contribution in [0, 0.1) is 10.1 Å². The maximum absolute atomic E-state index is 10.9. The minimum Gasteiger partial charge on any atom is -0.311 e. The molecule has 1 saturated heterocycles. The first-order valence-corrected chi connectivity index (χ1v) is 8.56. The molecule has 0 amide bonds. The Bertz CT molecular complexity index is 467. The fraction of sp³-hybridized carbons (Fsp3) is 0.538. The number of halogens is 1. The van der Waals surface area contributed by atoms with Crippen LogP contribution < -0.4 is 5.32 Å².